The van der Waals surface area contributed by atoms with E-state index in [1.807, 2.05) is 0 Å². The zero-order valence-electron chi connectivity index (χ0n) is 52.4. The van der Waals surface area contributed by atoms with E-state index in [0.717, 1.165) is 109 Å². The Kier molecular flexibility index (Phi) is 64.2. The van der Waals surface area contributed by atoms with Gasteiger partial charge in [0.15, 0.2) is 6.10 Å². The second-order valence-electron chi connectivity index (χ2n) is 22.7. The summed E-state index contributed by atoms with van der Waals surface area (Å²) in [4.78, 5) is 38.4. The van der Waals surface area contributed by atoms with E-state index in [1.165, 1.54) is 193 Å². The van der Waals surface area contributed by atoms with E-state index in [4.69, 9.17) is 14.2 Å². The third-order valence-electron chi connectivity index (χ3n) is 14.9. The second kappa shape index (κ2) is 67.1. The van der Waals surface area contributed by atoms with E-state index in [0.29, 0.717) is 19.3 Å². The molecule has 456 valence electrons. The summed E-state index contributed by atoms with van der Waals surface area (Å²) in [6, 6.07) is 0. The number of unbranched alkanes of at least 4 members (excludes halogenated alkanes) is 37. The highest BCUT2D eigenvalue weighted by Crippen LogP contribution is 2.17. The van der Waals surface area contributed by atoms with Crippen molar-refractivity contribution in [3.8, 4) is 0 Å². The van der Waals surface area contributed by atoms with Crippen LogP contribution in [-0.4, -0.2) is 37.2 Å². The zero-order valence-corrected chi connectivity index (χ0v) is 52.4. The molecule has 0 aromatic rings. The lowest BCUT2D eigenvalue weighted by Gasteiger charge is -2.18. The number of esters is 3. The minimum absolute atomic E-state index is 0.0800. The van der Waals surface area contributed by atoms with Gasteiger partial charge >= 0.3 is 17.9 Å². The van der Waals surface area contributed by atoms with Gasteiger partial charge in [0, 0.05) is 19.3 Å². The summed E-state index contributed by atoms with van der Waals surface area (Å²) in [5, 5.41) is 0. The van der Waals surface area contributed by atoms with E-state index in [1.54, 1.807) is 0 Å². The van der Waals surface area contributed by atoms with E-state index in [2.05, 4.69) is 106 Å². The third kappa shape index (κ3) is 65.3. The predicted octanol–water partition coefficient (Wildman–Crippen LogP) is 23.4. The molecule has 0 aliphatic carbocycles. The molecule has 6 heteroatoms. The molecule has 0 saturated heterocycles. The maximum Gasteiger partial charge on any atom is 0.306 e. The van der Waals surface area contributed by atoms with Gasteiger partial charge in [0.25, 0.3) is 0 Å². The molecule has 0 spiro atoms. The monoisotopic (exact) mass is 1100 g/mol. The Bertz CT molecular complexity index is 1500. The summed E-state index contributed by atoms with van der Waals surface area (Å²) in [5.41, 5.74) is 0. The Morgan fingerprint density at radius 1 is 0.266 bits per heavy atom. The molecule has 0 aromatic heterocycles. The second-order valence-corrected chi connectivity index (χ2v) is 22.7. The SMILES string of the molecule is CC/C=C\C/C=C\C/C=C\C/C=C\C/C=C\C/C=C\CCCCCCCCCCC(=O)OCC(COC(=O)CCCCCCC/C=C\CCCCCC)OC(=O)CCCCCCCCCCCCCCCCCCCCCCC. The fourth-order valence-electron chi connectivity index (χ4n) is 9.80. The van der Waals surface area contributed by atoms with Crippen LogP contribution in [0, 0.1) is 0 Å². The Morgan fingerprint density at radius 3 is 0.797 bits per heavy atom. The van der Waals surface area contributed by atoms with Crippen molar-refractivity contribution in [2.24, 2.45) is 0 Å². The van der Waals surface area contributed by atoms with Crippen LogP contribution in [0.25, 0.3) is 0 Å². The van der Waals surface area contributed by atoms with E-state index < -0.39 is 6.10 Å². The number of hydrogen-bond donors (Lipinski definition) is 0. The lowest BCUT2D eigenvalue weighted by Crippen LogP contribution is -2.30. The highest BCUT2D eigenvalue weighted by Gasteiger charge is 2.19. The first-order valence-corrected chi connectivity index (χ1v) is 34.1. The molecule has 0 bridgehead atoms. The van der Waals surface area contributed by atoms with Gasteiger partial charge in [-0.25, -0.2) is 0 Å². The summed E-state index contributed by atoms with van der Waals surface area (Å²) in [6.07, 6.45) is 88.8. The van der Waals surface area contributed by atoms with Gasteiger partial charge in [0.2, 0.25) is 0 Å². The number of allylic oxidation sites excluding steroid dienone is 14. The summed E-state index contributed by atoms with van der Waals surface area (Å²) in [6.45, 7) is 6.54. The maximum absolute atomic E-state index is 12.9. The first-order chi connectivity index (χ1) is 39.0. The van der Waals surface area contributed by atoms with Gasteiger partial charge in [-0.2, -0.15) is 0 Å². The van der Waals surface area contributed by atoms with Crippen LogP contribution in [0.15, 0.2) is 85.1 Å². The topological polar surface area (TPSA) is 78.9 Å². The fourth-order valence-corrected chi connectivity index (χ4v) is 9.80. The minimum Gasteiger partial charge on any atom is -0.462 e. The molecule has 1 unspecified atom stereocenters. The lowest BCUT2D eigenvalue weighted by molar-refractivity contribution is -0.167. The maximum atomic E-state index is 12.9. The molecule has 6 nitrogen and oxygen atoms in total. The Hall–Kier alpha value is -3.41. The molecule has 0 aliphatic rings. The van der Waals surface area contributed by atoms with Gasteiger partial charge in [0.1, 0.15) is 13.2 Å². The average molecular weight is 1100 g/mol. The average Bonchev–Trinajstić information content (AvgIpc) is 3.45. The Morgan fingerprint density at radius 2 is 0.494 bits per heavy atom. The van der Waals surface area contributed by atoms with Crippen molar-refractivity contribution in [1.29, 1.82) is 0 Å². The largest absolute Gasteiger partial charge is 0.462 e. The molecule has 79 heavy (non-hydrogen) atoms. The van der Waals surface area contributed by atoms with Crippen LogP contribution < -0.4 is 0 Å². The first-order valence-electron chi connectivity index (χ1n) is 34.1. The van der Waals surface area contributed by atoms with Crippen molar-refractivity contribution < 1.29 is 28.6 Å². The molecular formula is C73H128O6. The standard InChI is InChI=1S/C73H128O6/c1-4-7-10-13-16-19-22-25-27-29-31-33-34-35-36-37-38-40-41-43-45-48-51-54-57-60-63-66-72(75)78-69-70(68-77-71(74)65-62-59-56-53-50-47-24-21-18-15-12-9-6-3)79-73(76)67-64-61-58-55-52-49-46-44-42-39-32-30-28-26-23-20-17-14-11-8-5-2/h7,10,16,19,21,24-25,27,31,33,35-36,38,40,70H,4-6,8-9,11-15,17-18,20,22-23,26,28-30,32,34,37,39,41-69H2,1-3H3/b10-7-,19-16-,24-21-,27-25-,33-31-,36-35-,40-38-. The highest BCUT2D eigenvalue weighted by molar-refractivity contribution is 5.71. The van der Waals surface area contributed by atoms with Crippen molar-refractivity contribution in [2.45, 2.75) is 348 Å². The molecule has 0 aromatic carbocycles. The number of ether oxygens (including phenoxy) is 3. The third-order valence-corrected chi connectivity index (χ3v) is 14.9. The summed E-state index contributed by atoms with van der Waals surface area (Å²) >= 11 is 0. The molecule has 0 rings (SSSR count). The van der Waals surface area contributed by atoms with Gasteiger partial charge in [0.05, 0.1) is 0 Å². The Balaban J connectivity index is 4.30. The van der Waals surface area contributed by atoms with Gasteiger partial charge in [-0.1, -0.05) is 311 Å². The first kappa shape index (κ1) is 75.6. The van der Waals surface area contributed by atoms with Crippen LogP contribution in [-0.2, 0) is 28.6 Å². The number of hydrogen-bond acceptors (Lipinski definition) is 6. The number of rotatable bonds is 62. The van der Waals surface area contributed by atoms with Crippen molar-refractivity contribution >= 4 is 17.9 Å². The molecule has 0 N–H and O–H groups in total. The van der Waals surface area contributed by atoms with Crippen molar-refractivity contribution in [1.82, 2.24) is 0 Å². The molecule has 0 amide bonds. The molecule has 1 atom stereocenters. The molecule has 0 fully saturated rings. The van der Waals surface area contributed by atoms with Crippen LogP contribution in [0.2, 0.25) is 0 Å². The fraction of sp³-hybridized carbons (Fsp3) is 0.767. The van der Waals surface area contributed by atoms with E-state index >= 15 is 0 Å². The van der Waals surface area contributed by atoms with Crippen LogP contribution in [0.4, 0.5) is 0 Å². The van der Waals surface area contributed by atoms with Crippen LogP contribution in [0.3, 0.4) is 0 Å². The smallest absolute Gasteiger partial charge is 0.306 e. The predicted molar refractivity (Wildman–Crippen MR) is 344 cm³/mol. The normalized spacial score (nSPS) is 12.6. The van der Waals surface area contributed by atoms with E-state index in [9.17, 15) is 14.4 Å². The van der Waals surface area contributed by atoms with Gasteiger partial charge < -0.3 is 14.2 Å². The number of carbonyl (C=O) groups is 3. The molecular weight excluding hydrogens is 973 g/mol. The van der Waals surface area contributed by atoms with Gasteiger partial charge in [-0.15, -0.1) is 0 Å². The number of carbonyl (C=O) groups excluding carboxylic acids is 3. The summed E-state index contributed by atoms with van der Waals surface area (Å²) < 4.78 is 17.0. The van der Waals surface area contributed by atoms with Gasteiger partial charge in [-0.05, 0) is 96.3 Å². The van der Waals surface area contributed by atoms with Crippen molar-refractivity contribution in [3.05, 3.63) is 85.1 Å². The molecule has 0 saturated carbocycles. The van der Waals surface area contributed by atoms with Crippen LogP contribution >= 0.6 is 0 Å². The van der Waals surface area contributed by atoms with Crippen molar-refractivity contribution in [3.63, 3.8) is 0 Å². The lowest BCUT2D eigenvalue weighted by atomic mass is 10.0. The quantitative estimate of drug-likeness (QED) is 0.0261. The summed E-state index contributed by atoms with van der Waals surface area (Å²) in [5.74, 6) is -0.879. The highest BCUT2D eigenvalue weighted by atomic mass is 16.6. The molecule has 0 radical (unpaired) electrons. The van der Waals surface area contributed by atoms with Crippen LogP contribution in [0.1, 0.15) is 342 Å². The summed E-state index contributed by atoms with van der Waals surface area (Å²) in [7, 11) is 0. The minimum atomic E-state index is -0.783. The van der Waals surface area contributed by atoms with E-state index in [-0.39, 0.29) is 31.1 Å². The molecule has 0 heterocycles. The van der Waals surface area contributed by atoms with Crippen molar-refractivity contribution in [2.75, 3.05) is 13.2 Å². The van der Waals surface area contributed by atoms with Crippen LogP contribution in [0.5, 0.6) is 0 Å². The molecule has 0 aliphatic heterocycles. The van der Waals surface area contributed by atoms with Gasteiger partial charge in [-0.3, -0.25) is 14.4 Å². The Labute approximate surface area is 490 Å². The zero-order chi connectivity index (χ0) is 57.1.